The summed E-state index contributed by atoms with van der Waals surface area (Å²) < 4.78 is 11.1. The number of benzene rings is 1. The van der Waals surface area contributed by atoms with Gasteiger partial charge >= 0.3 is 6.09 Å². The first-order chi connectivity index (χ1) is 11.2. The van der Waals surface area contributed by atoms with Gasteiger partial charge < -0.3 is 19.9 Å². The molecule has 0 saturated carbocycles. The fourth-order valence-electron chi connectivity index (χ4n) is 2.26. The van der Waals surface area contributed by atoms with Crippen molar-refractivity contribution in [1.29, 1.82) is 0 Å². The maximum Gasteiger partial charge on any atom is 0.407 e. The number of aliphatic hydroxyl groups is 1. The van der Waals surface area contributed by atoms with Gasteiger partial charge in [-0.15, -0.1) is 0 Å². The predicted molar refractivity (Wildman–Crippen MR) is 95.4 cm³/mol. The number of ether oxygens (including phenoxy) is 2. The van der Waals surface area contributed by atoms with Crippen molar-refractivity contribution in [3.8, 4) is 5.75 Å². The molecule has 0 fully saturated rings. The third-order valence-electron chi connectivity index (χ3n) is 3.53. The fourth-order valence-corrected chi connectivity index (χ4v) is 2.26. The second-order valence-corrected chi connectivity index (χ2v) is 7.01. The van der Waals surface area contributed by atoms with Crippen LogP contribution < -0.4 is 10.1 Å². The van der Waals surface area contributed by atoms with Gasteiger partial charge in [0.05, 0.1) is 6.61 Å². The van der Waals surface area contributed by atoms with Crippen molar-refractivity contribution in [2.24, 2.45) is 0 Å². The quantitative estimate of drug-likeness (QED) is 0.759. The highest BCUT2D eigenvalue weighted by molar-refractivity contribution is 5.68. The molecular formula is C19H31NO4. The number of aryl methyl sites for hydroxylation is 1. The van der Waals surface area contributed by atoms with Gasteiger partial charge in [0.1, 0.15) is 17.5 Å². The second kappa shape index (κ2) is 9.52. The topological polar surface area (TPSA) is 67.8 Å². The average molecular weight is 337 g/mol. The standard InChI is InChI=1S/C19H31NO4/c1-6-16(20-18(22)24-19(3,4)5)12-11-15-9-7-8-10-17(15)23-14(2)13-21/h7-10,14,16,21H,6,11-13H2,1-5H3,(H,20,22)/t14-,16-/m0/s1. The molecule has 0 heterocycles. The van der Waals surface area contributed by atoms with E-state index in [1.807, 2.05) is 58.9 Å². The molecule has 136 valence electrons. The Balaban J connectivity index is 2.61. The fraction of sp³-hybridized carbons (Fsp3) is 0.632. The Morgan fingerprint density at radius 2 is 1.96 bits per heavy atom. The lowest BCUT2D eigenvalue weighted by Gasteiger charge is -2.23. The summed E-state index contributed by atoms with van der Waals surface area (Å²) in [5.74, 6) is 0.783. The van der Waals surface area contributed by atoms with Crippen LogP contribution in [-0.2, 0) is 11.2 Å². The molecule has 1 amide bonds. The lowest BCUT2D eigenvalue weighted by atomic mass is 10.0. The molecule has 0 aliphatic heterocycles. The molecule has 0 unspecified atom stereocenters. The lowest BCUT2D eigenvalue weighted by Crippen LogP contribution is -2.39. The Kier molecular flexibility index (Phi) is 8.05. The molecular weight excluding hydrogens is 306 g/mol. The number of carbonyl (C=O) groups is 1. The van der Waals surface area contributed by atoms with Crippen LogP contribution in [0.25, 0.3) is 0 Å². The van der Waals surface area contributed by atoms with E-state index >= 15 is 0 Å². The zero-order valence-electron chi connectivity index (χ0n) is 15.5. The number of carbonyl (C=O) groups excluding carboxylic acids is 1. The van der Waals surface area contributed by atoms with Crippen LogP contribution in [0.1, 0.15) is 53.0 Å². The van der Waals surface area contributed by atoms with Gasteiger partial charge in [0.2, 0.25) is 0 Å². The maximum absolute atomic E-state index is 11.9. The van der Waals surface area contributed by atoms with Crippen LogP contribution in [0.3, 0.4) is 0 Å². The Morgan fingerprint density at radius 1 is 1.29 bits per heavy atom. The van der Waals surface area contributed by atoms with E-state index in [1.165, 1.54) is 0 Å². The van der Waals surface area contributed by atoms with Crippen LogP contribution in [0.4, 0.5) is 4.79 Å². The second-order valence-electron chi connectivity index (χ2n) is 7.01. The van der Waals surface area contributed by atoms with E-state index in [2.05, 4.69) is 5.32 Å². The molecule has 1 aromatic rings. The Labute approximate surface area is 145 Å². The molecule has 5 nitrogen and oxygen atoms in total. The highest BCUT2D eigenvalue weighted by Gasteiger charge is 2.19. The van der Waals surface area contributed by atoms with Crippen molar-refractivity contribution in [3.05, 3.63) is 29.8 Å². The first-order valence-corrected chi connectivity index (χ1v) is 8.60. The summed E-state index contributed by atoms with van der Waals surface area (Å²) in [5, 5.41) is 12.1. The summed E-state index contributed by atoms with van der Waals surface area (Å²) in [6, 6.07) is 7.85. The van der Waals surface area contributed by atoms with Crippen molar-refractivity contribution in [2.75, 3.05) is 6.61 Å². The van der Waals surface area contributed by atoms with E-state index in [1.54, 1.807) is 0 Å². The van der Waals surface area contributed by atoms with Gasteiger partial charge in [-0.25, -0.2) is 4.79 Å². The number of hydrogen-bond donors (Lipinski definition) is 2. The van der Waals surface area contributed by atoms with E-state index < -0.39 is 5.60 Å². The monoisotopic (exact) mass is 337 g/mol. The largest absolute Gasteiger partial charge is 0.488 e. The van der Waals surface area contributed by atoms with Crippen molar-refractivity contribution < 1.29 is 19.4 Å². The molecule has 0 aromatic heterocycles. The summed E-state index contributed by atoms with van der Waals surface area (Å²) >= 11 is 0. The molecule has 2 N–H and O–H groups in total. The van der Waals surface area contributed by atoms with E-state index in [0.29, 0.717) is 0 Å². The van der Waals surface area contributed by atoms with Crippen LogP contribution >= 0.6 is 0 Å². The van der Waals surface area contributed by atoms with Gasteiger partial charge in [-0.05, 0) is 58.6 Å². The van der Waals surface area contributed by atoms with Crippen molar-refractivity contribution in [1.82, 2.24) is 5.32 Å². The van der Waals surface area contributed by atoms with Crippen LogP contribution in [0.2, 0.25) is 0 Å². The van der Waals surface area contributed by atoms with Crippen LogP contribution in [0.5, 0.6) is 5.75 Å². The zero-order chi connectivity index (χ0) is 18.2. The molecule has 5 heteroatoms. The minimum atomic E-state index is -0.497. The van der Waals surface area contributed by atoms with Crippen molar-refractivity contribution in [3.63, 3.8) is 0 Å². The van der Waals surface area contributed by atoms with Gasteiger partial charge in [-0.1, -0.05) is 25.1 Å². The number of para-hydroxylation sites is 1. The summed E-state index contributed by atoms with van der Waals surface area (Å²) in [6.45, 7) is 9.40. The number of hydrogen-bond acceptors (Lipinski definition) is 4. The van der Waals surface area contributed by atoms with Gasteiger partial charge in [0.15, 0.2) is 0 Å². The first-order valence-electron chi connectivity index (χ1n) is 8.60. The van der Waals surface area contributed by atoms with E-state index in [4.69, 9.17) is 14.6 Å². The highest BCUT2D eigenvalue weighted by Crippen LogP contribution is 2.22. The molecule has 0 aliphatic carbocycles. The SMILES string of the molecule is CC[C@@H](CCc1ccccc1O[C@@H](C)CO)NC(=O)OC(C)(C)C. The maximum atomic E-state index is 11.9. The summed E-state index contributed by atoms with van der Waals surface area (Å²) in [5.41, 5.74) is 0.575. The number of alkyl carbamates (subject to hydrolysis) is 1. The van der Waals surface area contributed by atoms with Crippen LogP contribution in [0.15, 0.2) is 24.3 Å². The molecule has 2 atom stereocenters. The summed E-state index contributed by atoms with van der Waals surface area (Å²) in [4.78, 5) is 11.9. The van der Waals surface area contributed by atoms with Crippen molar-refractivity contribution >= 4 is 6.09 Å². The number of amides is 1. The molecule has 0 spiro atoms. The number of rotatable bonds is 8. The molecule has 0 radical (unpaired) electrons. The first kappa shape index (κ1) is 20.3. The van der Waals surface area contributed by atoms with Gasteiger partial charge in [0.25, 0.3) is 0 Å². The third kappa shape index (κ3) is 7.68. The van der Waals surface area contributed by atoms with E-state index in [0.717, 1.165) is 30.6 Å². The molecule has 1 rings (SSSR count). The molecule has 1 aromatic carbocycles. The number of aliphatic hydroxyl groups excluding tert-OH is 1. The van der Waals surface area contributed by atoms with Crippen molar-refractivity contribution in [2.45, 2.75) is 71.6 Å². The highest BCUT2D eigenvalue weighted by atomic mass is 16.6. The average Bonchev–Trinajstić information content (AvgIpc) is 2.50. The summed E-state index contributed by atoms with van der Waals surface area (Å²) in [7, 11) is 0. The lowest BCUT2D eigenvalue weighted by molar-refractivity contribution is 0.0500. The third-order valence-corrected chi connectivity index (χ3v) is 3.53. The molecule has 24 heavy (non-hydrogen) atoms. The van der Waals surface area contributed by atoms with Gasteiger partial charge in [-0.3, -0.25) is 0 Å². The predicted octanol–water partition coefficient (Wildman–Crippen LogP) is 3.68. The van der Waals surface area contributed by atoms with E-state index in [-0.39, 0.29) is 24.8 Å². The zero-order valence-corrected chi connectivity index (χ0v) is 15.5. The Hall–Kier alpha value is -1.75. The van der Waals surface area contributed by atoms with Gasteiger partial charge in [0, 0.05) is 6.04 Å². The Bertz CT molecular complexity index is 510. The van der Waals surface area contributed by atoms with Gasteiger partial charge in [-0.2, -0.15) is 0 Å². The molecule has 0 bridgehead atoms. The minimum absolute atomic E-state index is 0.0217. The van der Waals surface area contributed by atoms with Crippen LogP contribution in [-0.4, -0.2) is 35.6 Å². The summed E-state index contributed by atoms with van der Waals surface area (Å²) in [6.07, 6.45) is 1.78. The minimum Gasteiger partial charge on any atom is -0.488 e. The smallest absolute Gasteiger partial charge is 0.407 e. The molecule has 0 saturated heterocycles. The molecule has 0 aliphatic rings. The van der Waals surface area contributed by atoms with E-state index in [9.17, 15) is 4.79 Å². The Morgan fingerprint density at radius 3 is 2.54 bits per heavy atom. The van der Waals surface area contributed by atoms with Crippen LogP contribution in [0, 0.1) is 0 Å². The number of nitrogens with one attached hydrogen (secondary N) is 1. The normalized spacial score (nSPS) is 13.9.